The minimum Gasteiger partial charge on any atom is -0.324 e. The van der Waals surface area contributed by atoms with Gasteiger partial charge in [-0.2, -0.15) is 5.10 Å². The predicted molar refractivity (Wildman–Crippen MR) is 81.5 cm³/mol. The number of aromatic nitrogens is 2. The molecule has 1 atom stereocenters. The Labute approximate surface area is 125 Å². The maximum Gasteiger partial charge on any atom is 0.123 e. The van der Waals surface area contributed by atoms with E-state index in [9.17, 15) is 4.39 Å². The minimum absolute atomic E-state index is 0.141. The molecule has 1 fully saturated rings. The SMILES string of the molecule is Cc1cc(F)ccc1C(N)Cc1ccn(C2CCCC2)n1. The molecule has 0 amide bonds. The van der Waals surface area contributed by atoms with E-state index >= 15 is 0 Å². The summed E-state index contributed by atoms with van der Waals surface area (Å²) in [5, 5.41) is 4.67. The smallest absolute Gasteiger partial charge is 0.123 e. The fourth-order valence-corrected chi connectivity index (χ4v) is 3.25. The molecule has 112 valence electrons. The van der Waals surface area contributed by atoms with E-state index in [1.807, 2.05) is 6.92 Å². The van der Waals surface area contributed by atoms with Crippen LogP contribution in [0.1, 0.15) is 54.6 Å². The predicted octanol–water partition coefficient (Wildman–Crippen LogP) is 3.69. The molecule has 21 heavy (non-hydrogen) atoms. The van der Waals surface area contributed by atoms with Crippen LogP contribution in [0.2, 0.25) is 0 Å². The first kappa shape index (κ1) is 14.3. The van der Waals surface area contributed by atoms with Gasteiger partial charge in [0.2, 0.25) is 0 Å². The van der Waals surface area contributed by atoms with Crippen molar-refractivity contribution in [1.82, 2.24) is 9.78 Å². The van der Waals surface area contributed by atoms with Gasteiger partial charge in [0.15, 0.2) is 0 Å². The second-order valence-electron chi connectivity index (χ2n) is 6.04. The molecule has 3 nitrogen and oxygen atoms in total. The lowest BCUT2D eigenvalue weighted by molar-refractivity contribution is 0.461. The van der Waals surface area contributed by atoms with Crippen molar-refractivity contribution in [1.29, 1.82) is 0 Å². The van der Waals surface area contributed by atoms with E-state index in [4.69, 9.17) is 5.73 Å². The second-order valence-corrected chi connectivity index (χ2v) is 6.04. The van der Waals surface area contributed by atoms with E-state index in [0.29, 0.717) is 12.5 Å². The first-order chi connectivity index (χ1) is 10.1. The van der Waals surface area contributed by atoms with Crippen LogP contribution in [0.15, 0.2) is 30.5 Å². The molecule has 0 bridgehead atoms. The third-order valence-electron chi connectivity index (χ3n) is 4.42. The van der Waals surface area contributed by atoms with Crippen LogP contribution in [0, 0.1) is 12.7 Å². The Kier molecular flexibility index (Phi) is 4.06. The average molecular weight is 287 g/mol. The fraction of sp³-hybridized carbons (Fsp3) is 0.471. The normalized spacial score (nSPS) is 17.3. The van der Waals surface area contributed by atoms with Crippen LogP contribution in [-0.2, 0) is 6.42 Å². The Morgan fingerprint density at radius 2 is 2.10 bits per heavy atom. The molecule has 1 heterocycles. The van der Waals surface area contributed by atoms with Gasteiger partial charge in [0.05, 0.1) is 11.7 Å². The zero-order chi connectivity index (χ0) is 14.8. The summed E-state index contributed by atoms with van der Waals surface area (Å²) in [4.78, 5) is 0. The number of nitrogens with two attached hydrogens (primary N) is 1. The van der Waals surface area contributed by atoms with E-state index in [1.165, 1.54) is 37.8 Å². The summed E-state index contributed by atoms with van der Waals surface area (Å²) in [6.45, 7) is 1.90. The Balaban J connectivity index is 1.70. The van der Waals surface area contributed by atoms with Crippen LogP contribution >= 0.6 is 0 Å². The van der Waals surface area contributed by atoms with Gasteiger partial charge < -0.3 is 5.73 Å². The summed E-state index contributed by atoms with van der Waals surface area (Å²) < 4.78 is 15.2. The summed E-state index contributed by atoms with van der Waals surface area (Å²) in [5.74, 6) is -0.214. The van der Waals surface area contributed by atoms with Crippen LogP contribution < -0.4 is 5.73 Å². The molecule has 2 N–H and O–H groups in total. The van der Waals surface area contributed by atoms with E-state index in [1.54, 1.807) is 6.07 Å². The van der Waals surface area contributed by atoms with Crippen LogP contribution in [-0.4, -0.2) is 9.78 Å². The van der Waals surface area contributed by atoms with Gasteiger partial charge in [0, 0.05) is 18.7 Å². The van der Waals surface area contributed by atoms with E-state index in [-0.39, 0.29) is 11.9 Å². The highest BCUT2D eigenvalue weighted by molar-refractivity contribution is 5.30. The highest BCUT2D eigenvalue weighted by Crippen LogP contribution is 2.29. The quantitative estimate of drug-likeness (QED) is 0.932. The Morgan fingerprint density at radius 1 is 1.33 bits per heavy atom. The lowest BCUT2D eigenvalue weighted by Crippen LogP contribution is -2.15. The molecule has 1 saturated carbocycles. The molecule has 4 heteroatoms. The van der Waals surface area contributed by atoms with Crippen molar-refractivity contribution in [2.45, 2.75) is 51.1 Å². The number of nitrogens with zero attached hydrogens (tertiary/aromatic N) is 2. The minimum atomic E-state index is -0.214. The van der Waals surface area contributed by atoms with Gasteiger partial charge in [-0.1, -0.05) is 18.9 Å². The van der Waals surface area contributed by atoms with Crippen molar-refractivity contribution in [2.75, 3.05) is 0 Å². The van der Waals surface area contributed by atoms with Crippen LogP contribution in [0.4, 0.5) is 4.39 Å². The summed E-state index contributed by atoms with van der Waals surface area (Å²) in [7, 11) is 0. The molecule has 1 unspecified atom stereocenters. The van der Waals surface area contributed by atoms with Gasteiger partial charge in [-0.25, -0.2) is 4.39 Å². The number of benzene rings is 1. The lowest BCUT2D eigenvalue weighted by Gasteiger charge is -2.14. The van der Waals surface area contributed by atoms with Crippen molar-refractivity contribution in [3.63, 3.8) is 0 Å². The molecule has 0 saturated heterocycles. The standard InChI is InChI=1S/C17H22FN3/c1-12-10-13(18)6-7-16(12)17(19)11-14-8-9-21(20-14)15-4-2-3-5-15/h6-10,15,17H,2-5,11,19H2,1H3. The Bertz CT molecular complexity index is 614. The molecule has 0 aliphatic heterocycles. The van der Waals surface area contributed by atoms with Crippen molar-refractivity contribution in [2.24, 2.45) is 5.73 Å². The topological polar surface area (TPSA) is 43.8 Å². The number of hydrogen-bond acceptors (Lipinski definition) is 2. The lowest BCUT2D eigenvalue weighted by atomic mass is 9.98. The van der Waals surface area contributed by atoms with Crippen LogP contribution in [0.25, 0.3) is 0 Å². The third-order valence-corrected chi connectivity index (χ3v) is 4.42. The third kappa shape index (κ3) is 3.16. The summed E-state index contributed by atoms with van der Waals surface area (Å²) in [6, 6.07) is 7.26. The molecule has 1 aliphatic rings. The second kappa shape index (κ2) is 5.98. The molecule has 0 radical (unpaired) electrons. The number of aryl methyl sites for hydroxylation is 1. The highest BCUT2D eigenvalue weighted by atomic mass is 19.1. The molecule has 1 aliphatic carbocycles. The molecule has 1 aromatic carbocycles. The van der Waals surface area contributed by atoms with E-state index < -0.39 is 0 Å². The van der Waals surface area contributed by atoms with Gasteiger partial charge >= 0.3 is 0 Å². The largest absolute Gasteiger partial charge is 0.324 e. The summed E-state index contributed by atoms with van der Waals surface area (Å²) in [6.07, 6.45) is 7.80. The molecule has 3 rings (SSSR count). The Hall–Kier alpha value is -1.68. The average Bonchev–Trinajstić information content (AvgIpc) is 3.08. The first-order valence-electron chi connectivity index (χ1n) is 7.69. The van der Waals surface area contributed by atoms with Gasteiger partial charge in [-0.3, -0.25) is 4.68 Å². The van der Waals surface area contributed by atoms with Crippen molar-refractivity contribution in [3.05, 3.63) is 53.1 Å². The summed E-state index contributed by atoms with van der Waals surface area (Å²) in [5.41, 5.74) is 9.17. The molecule has 0 spiro atoms. The first-order valence-corrected chi connectivity index (χ1v) is 7.69. The van der Waals surface area contributed by atoms with Gasteiger partial charge in [0.25, 0.3) is 0 Å². The number of rotatable bonds is 4. The van der Waals surface area contributed by atoms with Gasteiger partial charge in [0.1, 0.15) is 5.82 Å². The highest BCUT2D eigenvalue weighted by Gasteiger charge is 2.18. The van der Waals surface area contributed by atoms with E-state index in [2.05, 4.69) is 22.0 Å². The molecule has 2 aromatic rings. The zero-order valence-corrected chi connectivity index (χ0v) is 12.4. The maximum atomic E-state index is 13.2. The van der Waals surface area contributed by atoms with Crippen LogP contribution in [0.3, 0.4) is 0 Å². The van der Waals surface area contributed by atoms with Gasteiger partial charge in [-0.15, -0.1) is 0 Å². The van der Waals surface area contributed by atoms with Crippen molar-refractivity contribution < 1.29 is 4.39 Å². The summed E-state index contributed by atoms with van der Waals surface area (Å²) >= 11 is 0. The number of hydrogen-bond donors (Lipinski definition) is 1. The maximum absolute atomic E-state index is 13.2. The van der Waals surface area contributed by atoms with Crippen LogP contribution in [0.5, 0.6) is 0 Å². The zero-order valence-electron chi connectivity index (χ0n) is 12.4. The monoisotopic (exact) mass is 287 g/mol. The van der Waals surface area contributed by atoms with Gasteiger partial charge in [-0.05, 0) is 49.1 Å². The fourth-order valence-electron chi connectivity index (χ4n) is 3.25. The molecular weight excluding hydrogens is 265 g/mol. The van der Waals surface area contributed by atoms with Crippen molar-refractivity contribution >= 4 is 0 Å². The number of halogens is 1. The van der Waals surface area contributed by atoms with Crippen molar-refractivity contribution in [3.8, 4) is 0 Å². The molecule has 1 aromatic heterocycles. The Morgan fingerprint density at radius 3 is 2.81 bits per heavy atom. The molecular formula is C17H22FN3. The van der Waals surface area contributed by atoms with E-state index in [0.717, 1.165) is 16.8 Å².